The van der Waals surface area contributed by atoms with E-state index in [9.17, 15) is 14.4 Å². The lowest BCUT2D eigenvalue weighted by Gasteiger charge is -2.22. The summed E-state index contributed by atoms with van der Waals surface area (Å²) in [5.74, 6) is -2.35. The van der Waals surface area contributed by atoms with Crippen LogP contribution in [0.25, 0.3) is 0 Å². The molecule has 2 rings (SSSR count). The molecule has 0 radical (unpaired) electrons. The fraction of sp³-hybridized carbons (Fsp3) is 0.571. The Labute approximate surface area is 138 Å². The molecule has 10 nitrogen and oxygen atoms in total. The largest absolute Gasteiger partial charge is 0.480 e. The number of nitrogens with zero attached hydrogens (tertiary/aromatic N) is 1. The van der Waals surface area contributed by atoms with Crippen molar-refractivity contribution in [3.05, 3.63) is 18.2 Å². The van der Waals surface area contributed by atoms with Crippen LogP contribution in [0.4, 0.5) is 0 Å². The van der Waals surface area contributed by atoms with Crippen LogP contribution in [0.5, 0.6) is 0 Å². The topological polar surface area (TPSA) is 156 Å². The minimum absolute atomic E-state index is 0.127. The zero-order valence-corrected chi connectivity index (χ0v) is 13.0. The SMILES string of the molecule is O=C(O)C(CO)NC(=O)C(Cc1cnc[nH]1)NC(=O)C1CCCN1. The van der Waals surface area contributed by atoms with Crippen LogP contribution in [0.1, 0.15) is 18.5 Å². The van der Waals surface area contributed by atoms with E-state index in [0.717, 1.165) is 13.0 Å². The summed E-state index contributed by atoms with van der Waals surface area (Å²) < 4.78 is 0. The summed E-state index contributed by atoms with van der Waals surface area (Å²) in [6.07, 6.45) is 4.64. The van der Waals surface area contributed by atoms with Gasteiger partial charge in [-0.2, -0.15) is 0 Å². The minimum Gasteiger partial charge on any atom is -0.480 e. The minimum atomic E-state index is -1.43. The fourth-order valence-electron chi connectivity index (χ4n) is 2.46. The predicted octanol–water partition coefficient (Wildman–Crippen LogP) is -2.25. The molecule has 0 spiro atoms. The standard InChI is InChI=1S/C14H21N5O5/c20-6-11(14(23)24)19-13(22)10(4-8-5-15-7-17-8)18-12(21)9-2-1-3-16-9/h5,7,9-11,16,20H,1-4,6H2,(H,15,17)(H,18,21)(H,19,22)(H,23,24). The Morgan fingerprint density at radius 3 is 2.67 bits per heavy atom. The van der Waals surface area contributed by atoms with Crippen LogP contribution in [0.2, 0.25) is 0 Å². The number of nitrogens with one attached hydrogen (secondary N) is 4. The van der Waals surface area contributed by atoms with Crippen molar-refractivity contribution in [2.75, 3.05) is 13.2 Å². The second kappa shape index (κ2) is 8.41. The van der Waals surface area contributed by atoms with Crippen molar-refractivity contribution in [1.82, 2.24) is 25.9 Å². The number of carboxylic acids is 1. The van der Waals surface area contributed by atoms with Gasteiger partial charge in [-0.1, -0.05) is 0 Å². The summed E-state index contributed by atoms with van der Waals surface area (Å²) >= 11 is 0. The molecule has 1 aliphatic rings. The summed E-state index contributed by atoms with van der Waals surface area (Å²) in [6, 6.07) is -2.77. The van der Waals surface area contributed by atoms with Crippen LogP contribution in [-0.4, -0.2) is 69.2 Å². The fourth-order valence-corrected chi connectivity index (χ4v) is 2.46. The third kappa shape index (κ3) is 4.77. The second-order valence-corrected chi connectivity index (χ2v) is 5.57. The van der Waals surface area contributed by atoms with E-state index < -0.39 is 30.6 Å². The molecule has 24 heavy (non-hydrogen) atoms. The van der Waals surface area contributed by atoms with E-state index in [4.69, 9.17) is 10.2 Å². The van der Waals surface area contributed by atoms with E-state index >= 15 is 0 Å². The maximum atomic E-state index is 12.3. The monoisotopic (exact) mass is 339 g/mol. The average Bonchev–Trinajstić information content (AvgIpc) is 3.24. The number of carbonyl (C=O) groups is 3. The van der Waals surface area contributed by atoms with E-state index in [2.05, 4.69) is 25.9 Å². The number of amides is 2. The van der Waals surface area contributed by atoms with E-state index in [1.807, 2.05) is 0 Å². The van der Waals surface area contributed by atoms with Gasteiger partial charge in [0.1, 0.15) is 12.1 Å². The molecule has 0 aliphatic carbocycles. The number of H-pyrrole nitrogens is 1. The maximum absolute atomic E-state index is 12.3. The molecule has 1 aromatic rings. The lowest BCUT2D eigenvalue weighted by atomic mass is 10.1. The first-order valence-corrected chi connectivity index (χ1v) is 7.66. The molecule has 2 heterocycles. The molecule has 1 aliphatic heterocycles. The van der Waals surface area contributed by atoms with Crippen molar-refractivity contribution in [2.45, 2.75) is 37.4 Å². The first kappa shape index (κ1) is 17.9. The Morgan fingerprint density at radius 1 is 1.33 bits per heavy atom. The van der Waals surface area contributed by atoms with Crippen LogP contribution in [0, 0.1) is 0 Å². The Bertz CT molecular complexity index is 570. The predicted molar refractivity (Wildman–Crippen MR) is 81.9 cm³/mol. The molecule has 132 valence electrons. The van der Waals surface area contributed by atoms with Crippen LogP contribution in [0.3, 0.4) is 0 Å². The number of rotatable bonds is 8. The summed E-state index contributed by atoms with van der Waals surface area (Å²) in [7, 11) is 0. The van der Waals surface area contributed by atoms with Gasteiger partial charge in [0, 0.05) is 18.3 Å². The molecule has 6 N–H and O–H groups in total. The maximum Gasteiger partial charge on any atom is 0.328 e. The number of aromatic amines is 1. The summed E-state index contributed by atoms with van der Waals surface area (Å²) in [4.78, 5) is 42.2. The van der Waals surface area contributed by atoms with E-state index in [1.165, 1.54) is 12.5 Å². The smallest absolute Gasteiger partial charge is 0.328 e. The summed E-state index contributed by atoms with van der Waals surface area (Å²) in [6.45, 7) is -0.00290. The lowest BCUT2D eigenvalue weighted by Crippen LogP contribution is -2.55. The third-order valence-electron chi connectivity index (χ3n) is 3.79. The number of carbonyl (C=O) groups excluding carboxylic acids is 2. The molecular formula is C14H21N5O5. The Hall–Kier alpha value is -2.46. The van der Waals surface area contributed by atoms with Gasteiger partial charge < -0.3 is 31.1 Å². The van der Waals surface area contributed by atoms with Gasteiger partial charge in [0.15, 0.2) is 0 Å². The number of carboxylic acid groups (broad SMARTS) is 1. The number of aliphatic hydroxyl groups excluding tert-OH is 1. The zero-order valence-electron chi connectivity index (χ0n) is 13.0. The van der Waals surface area contributed by atoms with Crippen molar-refractivity contribution in [3.63, 3.8) is 0 Å². The number of imidazole rings is 1. The Morgan fingerprint density at radius 2 is 2.12 bits per heavy atom. The molecule has 2 amide bonds. The molecule has 1 aromatic heterocycles. The number of aliphatic hydroxyl groups is 1. The van der Waals surface area contributed by atoms with Crippen molar-refractivity contribution >= 4 is 17.8 Å². The van der Waals surface area contributed by atoms with Gasteiger partial charge in [0.05, 0.1) is 19.0 Å². The van der Waals surface area contributed by atoms with Gasteiger partial charge in [0.2, 0.25) is 11.8 Å². The van der Waals surface area contributed by atoms with Gasteiger partial charge >= 0.3 is 5.97 Å². The molecule has 1 saturated heterocycles. The Kier molecular flexibility index (Phi) is 6.27. The van der Waals surface area contributed by atoms with Gasteiger partial charge in [-0.3, -0.25) is 9.59 Å². The third-order valence-corrected chi connectivity index (χ3v) is 3.79. The number of hydrogen-bond acceptors (Lipinski definition) is 6. The number of hydrogen-bond donors (Lipinski definition) is 6. The average molecular weight is 339 g/mol. The number of aromatic nitrogens is 2. The highest BCUT2D eigenvalue weighted by Crippen LogP contribution is 2.06. The molecule has 3 unspecified atom stereocenters. The molecule has 0 saturated carbocycles. The van der Waals surface area contributed by atoms with E-state index in [-0.39, 0.29) is 18.4 Å². The van der Waals surface area contributed by atoms with Crippen molar-refractivity contribution in [2.24, 2.45) is 0 Å². The van der Waals surface area contributed by atoms with Crippen LogP contribution in [0.15, 0.2) is 12.5 Å². The van der Waals surface area contributed by atoms with Crippen LogP contribution < -0.4 is 16.0 Å². The molecule has 0 bridgehead atoms. The quantitative estimate of drug-likeness (QED) is 0.312. The van der Waals surface area contributed by atoms with Gasteiger partial charge in [-0.25, -0.2) is 9.78 Å². The van der Waals surface area contributed by atoms with Gasteiger partial charge in [-0.15, -0.1) is 0 Å². The first-order valence-electron chi connectivity index (χ1n) is 7.66. The Balaban J connectivity index is 2.04. The molecule has 1 fully saturated rings. The van der Waals surface area contributed by atoms with Crippen molar-refractivity contribution in [3.8, 4) is 0 Å². The van der Waals surface area contributed by atoms with Crippen molar-refractivity contribution < 1.29 is 24.6 Å². The normalized spacial score (nSPS) is 19.5. The van der Waals surface area contributed by atoms with Crippen LogP contribution in [-0.2, 0) is 20.8 Å². The molecule has 10 heteroatoms. The summed E-state index contributed by atoms with van der Waals surface area (Å²) in [5.41, 5.74) is 0.616. The van der Waals surface area contributed by atoms with Gasteiger partial charge in [-0.05, 0) is 19.4 Å². The van der Waals surface area contributed by atoms with Crippen LogP contribution >= 0.6 is 0 Å². The molecule has 3 atom stereocenters. The highest BCUT2D eigenvalue weighted by molar-refractivity contribution is 5.92. The van der Waals surface area contributed by atoms with Gasteiger partial charge in [0.25, 0.3) is 0 Å². The number of aliphatic carboxylic acids is 1. The first-order chi connectivity index (χ1) is 11.5. The van der Waals surface area contributed by atoms with E-state index in [1.54, 1.807) is 0 Å². The lowest BCUT2D eigenvalue weighted by molar-refractivity contribution is -0.143. The second-order valence-electron chi connectivity index (χ2n) is 5.57. The summed E-state index contributed by atoms with van der Waals surface area (Å²) in [5, 5.41) is 25.8. The highest BCUT2D eigenvalue weighted by Gasteiger charge is 2.30. The highest BCUT2D eigenvalue weighted by atomic mass is 16.4. The molecular weight excluding hydrogens is 318 g/mol. The van der Waals surface area contributed by atoms with Crippen molar-refractivity contribution in [1.29, 1.82) is 0 Å². The molecule has 0 aromatic carbocycles. The van der Waals surface area contributed by atoms with E-state index in [0.29, 0.717) is 12.1 Å². The zero-order chi connectivity index (χ0) is 17.5.